The van der Waals surface area contributed by atoms with Crippen LogP contribution in [0.5, 0.6) is 0 Å². The molecule has 0 amide bonds. The fourth-order valence-electron chi connectivity index (χ4n) is 0.518. The second-order valence-corrected chi connectivity index (χ2v) is 2.81. The van der Waals surface area contributed by atoms with Crippen LogP contribution in [-0.4, -0.2) is 31.7 Å². The molecule has 1 heterocycles. The number of aromatic nitrogens is 3. The van der Waals surface area contributed by atoms with Crippen LogP contribution in [0.25, 0.3) is 0 Å². The zero-order valence-corrected chi connectivity index (χ0v) is 6.67. The molecule has 0 aliphatic carbocycles. The highest BCUT2D eigenvalue weighted by Gasteiger charge is 2.07. The Kier molecular flexibility index (Phi) is 2.38. The number of hydrogen-bond donors (Lipinski definition) is 3. The summed E-state index contributed by atoms with van der Waals surface area (Å²) in [6.45, 7) is 0. The van der Waals surface area contributed by atoms with Crippen LogP contribution in [-0.2, 0) is 4.79 Å². The van der Waals surface area contributed by atoms with Gasteiger partial charge in [0.05, 0.1) is 5.75 Å². The Bertz CT molecular complexity index is 342. The minimum atomic E-state index is -0.990. The summed E-state index contributed by atoms with van der Waals surface area (Å²) in [6.07, 6.45) is 0. The molecule has 0 aromatic carbocycles. The van der Waals surface area contributed by atoms with Crippen LogP contribution >= 0.6 is 11.8 Å². The standard InChI is InChI=1S/C4H6N4O3S/c5-8-3(11)6-7-4(8)12-1-2(9)10/h1,5H2,(H,6,11)(H,9,10). The van der Waals surface area contributed by atoms with Crippen molar-refractivity contribution < 1.29 is 9.90 Å². The molecular formula is C4H6N4O3S. The number of nitrogens with one attached hydrogen (secondary N) is 1. The van der Waals surface area contributed by atoms with Gasteiger partial charge in [0, 0.05) is 0 Å². The van der Waals surface area contributed by atoms with Crippen molar-refractivity contribution in [2.75, 3.05) is 11.6 Å². The fourth-order valence-corrected chi connectivity index (χ4v) is 1.10. The number of carboxylic acids is 1. The van der Waals surface area contributed by atoms with Crippen molar-refractivity contribution in [2.45, 2.75) is 5.16 Å². The lowest BCUT2D eigenvalue weighted by Gasteiger charge is -1.94. The number of thioether (sulfide) groups is 1. The van der Waals surface area contributed by atoms with Gasteiger partial charge in [-0.25, -0.2) is 9.89 Å². The van der Waals surface area contributed by atoms with Gasteiger partial charge in [-0.05, 0) is 0 Å². The average Bonchev–Trinajstić information content (AvgIpc) is 2.30. The first kappa shape index (κ1) is 8.65. The first-order chi connectivity index (χ1) is 5.61. The van der Waals surface area contributed by atoms with E-state index in [0.29, 0.717) is 0 Å². The molecule has 0 fully saturated rings. The van der Waals surface area contributed by atoms with E-state index in [1.807, 2.05) is 0 Å². The van der Waals surface area contributed by atoms with Gasteiger partial charge < -0.3 is 10.9 Å². The van der Waals surface area contributed by atoms with E-state index < -0.39 is 11.7 Å². The van der Waals surface area contributed by atoms with Crippen molar-refractivity contribution in [3.05, 3.63) is 10.5 Å². The Balaban J connectivity index is 2.70. The number of rotatable bonds is 3. The van der Waals surface area contributed by atoms with Crippen LogP contribution in [0.15, 0.2) is 9.95 Å². The zero-order chi connectivity index (χ0) is 9.14. The molecule has 66 valence electrons. The number of aliphatic carboxylic acids is 1. The number of H-pyrrole nitrogens is 1. The summed E-state index contributed by atoms with van der Waals surface area (Å²) in [5.74, 6) is 4.02. The number of carboxylic acid groups (broad SMARTS) is 1. The summed E-state index contributed by atoms with van der Waals surface area (Å²) in [6, 6.07) is 0. The van der Waals surface area contributed by atoms with E-state index in [0.717, 1.165) is 16.4 Å². The molecule has 7 nitrogen and oxygen atoms in total. The van der Waals surface area contributed by atoms with E-state index in [4.69, 9.17) is 10.9 Å². The molecule has 1 aromatic rings. The van der Waals surface area contributed by atoms with Gasteiger partial charge in [0.2, 0.25) is 5.16 Å². The van der Waals surface area contributed by atoms with Gasteiger partial charge >= 0.3 is 11.7 Å². The van der Waals surface area contributed by atoms with Crippen LogP contribution in [0.2, 0.25) is 0 Å². The highest BCUT2D eigenvalue weighted by molar-refractivity contribution is 7.99. The third-order valence-corrected chi connectivity index (χ3v) is 1.93. The van der Waals surface area contributed by atoms with Crippen molar-refractivity contribution in [3.63, 3.8) is 0 Å². The average molecular weight is 190 g/mol. The van der Waals surface area contributed by atoms with E-state index in [1.165, 1.54) is 0 Å². The van der Waals surface area contributed by atoms with Gasteiger partial charge in [-0.3, -0.25) is 4.79 Å². The third kappa shape index (κ3) is 1.78. The van der Waals surface area contributed by atoms with Crippen LogP contribution in [0.4, 0.5) is 0 Å². The van der Waals surface area contributed by atoms with Crippen LogP contribution in [0.1, 0.15) is 0 Å². The molecule has 4 N–H and O–H groups in total. The normalized spacial score (nSPS) is 10.0. The highest BCUT2D eigenvalue weighted by Crippen LogP contribution is 2.09. The summed E-state index contributed by atoms with van der Waals surface area (Å²) in [4.78, 5) is 20.7. The number of aromatic amines is 1. The Hall–Kier alpha value is -1.44. The number of nitrogens with two attached hydrogens (primary N) is 1. The van der Waals surface area contributed by atoms with E-state index in [-0.39, 0.29) is 10.9 Å². The fraction of sp³-hybridized carbons (Fsp3) is 0.250. The largest absolute Gasteiger partial charge is 0.481 e. The lowest BCUT2D eigenvalue weighted by molar-refractivity contribution is -0.133. The van der Waals surface area contributed by atoms with E-state index in [1.54, 1.807) is 0 Å². The predicted molar refractivity (Wildman–Crippen MR) is 41.4 cm³/mol. The molecule has 0 radical (unpaired) electrons. The van der Waals surface area contributed by atoms with E-state index in [9.17, 15) is 9.59 Å². The second kappa shape index (κ2) is 3.30. The SMILES string of the molecule is Nn1c(SCC(=O)O)n[nH]c1=O. The van der Waals surface area contributed by atoms with Crippen molar-refractivity contribution in [2.24, 2.45) is 0 Å². The summed E-state index contributed by atoms with van der Waals surface area (Å²) >= 11 is 0.872. The van der Waals surface area contributed by atoms with Gasteiger partial charge in [-0.15, -0.1) is 5.10 Å². The summed E-state index contributed by atoms with van der Waals surface area (Å²) in [5.41, 5.74) is -0.567. The topological polar surface area (TPSA) is 114 Å². The van der Waals surface area contributed by atoms with Gasteiger partial charge in [0.15, 0.2) is 0 Å². The lowest BCUT2D eigenvalue weighted by Crippen LogP contribution is -2.25. The highest BCUT2D eigenvalue weighted by atomic mass is 32.2. The molecular weight excluding hydrogens is 184 g/mol. The molecule has 1 aromatic heterocycles. The maximum atomic E-state index is 10.6. The van der Waals surface area contributed by atoms with Gasteiger partial charge in [0.1, 0.15) is 0 Å². The van der Waals surface area contributed by atoms with Crippen molar-refractivity contribution in [3.8, 4) is 0 Å². The number of carbonyl (C=O) groups is 1. The molecule has 8 heteroatoms. The van der Waals surface area contributed by atoms with Crippen molar-refractivity contribution in [1.29, 1.82) is 0 Å². The maximum Gasteiger partial charge on any atom is 0.362 e. The molecule has 0 saturated heterocycles. The molecule has 12 heavy (non-hydrogen) atoms. The third-order valence-electron chi connectivity index (χ3n) is 0.997. The molecule has 0 aliphatic heterocycles. The zero-order valence-electron chi connectivity index (χ0n) is 5.85. The van der Waals surface area contributed by atoms with Crippen molar-refractivity contribution in [1.82, 2.24) is 14.9 Å². The van der Waals surface area contributed by atoms with Crippen LogP contribution in [0.3, 0.4) is 0 Å². The molecule has 0 aliphatic rings. The van der Waals surface area contributed by atoms with Gasteiger partial charge in [-0.2, -0.15) is 4.68 Å². The Labute approximate surface area is 70.5 Å². The molecule has 0 bridgehead atoms. The first-order valence-electron chi connectivity index (χ1n) is 2.88. The summed E-state index contributed by atoms with van der Waals surface area (Å²) in [5, 5.41) is 14.0. The number of nitrogens with zero attached hydrogens (tertiary/aromatic N) is 2. The molecule has 1 rings (SSSR count). The van der Waals surface area contributed by atoms with E-state index in [2.05, 4.69) is 10.2 Å². The van der Waals surface area contributed by atoms with Crippen molar-refractivity contribution >= 4 is 17.7 Å². The molecule has 0 unspecified atom stereocenters. The Morgan fingerprint density at radius 1 is 1.83 bits per heavy atom. The lowest BCUT2D eigenvalue weighted by atomic mass is 10.8. The summed E-state index contributed by atoms with van der Waals surface area (Å²) < 4.78 is 0.758. The van der Waals surface area contributed by atoms with Gasteiger partial charge in [-0.1, -0.05) is 11.8 Å². The quantitative estimate of drug-likeness (QED) is 0.393. The van der Waals surface area contributed by atoms with Crippen LogP contribution in [0, 0.1) is 0 Å². The predicted octanol–water partition coefficient (Wildman–Crippen LogP) is -1.54. The molecule has 0 atom stereocenters. The minimum Gasteiger partial charge on any atom is -0.481 e. The molecule has 0 spiro atoms. The summed E-state index contributed by atoms with van der Waals surface area (Å²) in [7, 11) is 0. The number of nitrogen functional groups attached to an aromatic ring is 1. The first-order valence-corrected chi connectivity index (χ1v) is 3.87. The monoisotopic (exact) mass is 190 g/mol. The van der Waals surface area contributed by atoms with E-state index >= 15 is 0 Å². The number of hydrogen-bond acceptors (Lipinski definition) is 5. The molecule has 0 saturated carbocycles. The van der Waals surface area contributed by atoms with Gasteiger partial charge in [0.25, 0.3) is 0 Å². The Morgan fingerprint density at radius 2 is 2.50 bits per heavy atom. The maximum absolute atomic E-state index is 10.6. The smallest absolute Gasteiger partial charge is 0.362 e. The second-order valence-electron chi connectivity index (χ2n) is 1.86. The van der Waals surface area contributed by atoms with Crippen LogP contribution < -0.4 is 11.5 Å². The minimum absolute atomic E-state index is 0.155. The Morgan fingerprint density at radius 3 is 2.92 bits per heavy atom.